The molecule has 0 aromatic heterocycles. The van der Waals surface area contributed by atoms with E-state index in [9.17, 15) is 18.3 Å². The Labute approximate surface area is 91.7 Å². The van der Waals surface area contributed by atoms with Crippen molar-refractivity contribution in [3.05, 3.63) is 35.1 Å². The van der Waals surface area contributed by atoms with E-state index in [1.165, 1.54) is 0 Å². The number of hydrogen-bond donors (Lipinski definition) is 1. The number of benzene rings is 1. The van der Waals surface area contributed by atoms with E-state index in [2.05, 4.69) is 0 Å². The van der Waals surface area contributed by atoms with Gasteiger partial charge in [-0.2, -0.15) is 0 Å². The van der Waals surface area contributed by atoms with Crippen LogP contribution in [0.2, 0.25) is 0 Å². The topological polar surface area (TPSA) is 29.5 Å². The van der Waals surface area contributed by atoms with Crippen molar-refractivity contribution in [2.75, 3.05) is 6.61 Å². The van der Waals surface area contributed by atoms with Crippen LogP contribution in [0.5, 0.6) is 0 Å². The number of halogens is 3. The van der Waals surface area contributed by atoms with Gasteiger partial charge < -0.3 is 9.84 Å². The lowest BCUT2D eigenvalue weighted by Gasteiger charge is -2.14. The van der Waals surface area contributed by atoms with Gasteiger partial charge in [-0.3, -0.25) is 0 Å². The highest BCUT2D eigenvalue weighted by Crippen LogP contribution is 2.19. The standard InChI is InChI=1S/C11H13F3O2/c1-6(2)16-5-10(15)7-3-8(12)11(14)9(13)4-7/h3-4,6,10,15H,5H2,1-2H3. The summed E-state index contributed by atoms with van der Waals surface area (Å²) in [7, 11) is 0. The van der Waals surface area contributed by atoms with Crippen LogP contribution < -0.4 is 0 Å². The molecule has 5 heteroatoms. The largest absolute Gasteiger partial charge is 0.386 e. The van der Waals surface area contributed by atoms with Crippen LogP contribution >= 0.6 is 0 Å². The van der Waals surface area contributed by atoms with E-state index >= 15 is 0 Å². The minimum Gasteiger partial charge on any atom is -0.386 e. The third kappa shape index (κ3) is 3.21. The monoisotopic (exact) mass is 234 g/mol. The summed E-state index contributed by atoms with van der Waals surface area (Å²) in [6, 6.07) is 1.51. The fourth-order valence-electron chi connectivity index (χ4n) is 1.15. The maximum absolute atomic E-state index is 12.8. The van der Waals surface area contributed by atoms with E-state index in [4.69, 9.17) is 4.74 Å². The Morgan fingerprint density at radius 2 is 1.69 bits per heavy atom. The summed E-state index contributed by atoms with van der Waals surface area (Å²) >= 11 is 0. The molecule has 1 rings (SSSR count). The molecule has 1 aromatic carbocycles. The summed E-state index contributed by atoms with van der Waals surface area (Å²) in [5.41, 5.74) is -0.0444. The van der Waals surface area contributed by atoms with E-state index in [0.717, 1.165) is 12.1 Å². The number of hydrogen-bond acceptors (Lipinski definition) is 2. The zero-order valence-corrected chi connectivity index (χ0v) is 9.01. The Balaban J connectivity index is 2.80. The van der Waals surface area contributed by atoms with Gasteiger partial charge in [0.25, 0.3) is 0 Å². The molecule has 0 fully saturated rings. The second-order valence-electron chi connectivity index (χ2n) is 3.70. The predicted molar refractivity (Wildman–Crippen MR) is 52.4 cm³/mol. The first-order valence-electron chi connectivity index (χ1n) is 4.86. The molecule has 0 radical (unpaired) electrons. The summed E-state index contributed by atoms with van der Waals surface area (Å²) < 4.78 is 43.4. The minimum absolute atomic E-state index is 0.0444. The van der Waals surface area contributed by atoms with E-state index in [0.29, 0.717) is 0 Å². The van der Waals surface area contributed by atoms with Crippen LogP contribution in [0.4, 0.5) is 13.2 Å². The average molecular weight is 234 g/mol. The van der Waals surface area contributed by atoms with Crippen LogP contribution in [-0.4, -0.2) is 17.8 Å². The number of ether oxygens (including phenoxy) is 1. The number of aliphatic hydroxyl groups excluding tert-OH is 1. The van der Waals surface area contributed by atoms with E-state index in [1.807, 2.05) is 0 Å². The molecule has 0 saturated carbocycles. The Kier molecular flexibility index (Phi) is 4.32. The molecular weight excluding hydrogens is 221 g/mol. The third-order valence-corrected chi connectivity index (χ3v) is 1.98. The quantitative estimate of drug-likeness (QED) is 0.811. The van der Waals surface area contributed by atoms with Crippen molar-refractivity contribution in [3.8, 4) is 0 Å². The smallest absolute Gasteiger partial charge is 0.194 e. The lowest BCUT2D eigenvalue weighted by atomic mass is 10.1. The first-order chi connectivity index (χ1) is 7.41. The fraction of sp³-hybridized carbons (Fsp3) is 0.455. The van der Waals surface area contributed by atoms with Gasteiger partial charge in [-0.25, -0.2) is 13.2 Å². The van der Waals surface area contributed by atoms with E-state index in [1.54, 1.807) is 13.8 Å². The normalized spacial score (nSPS) is 13.2. The Morgan fingerprint density at radius 1 is 1.19 bits per heavy atom. The van der Waals surface area contributed by atoms with Gasteiger partial charge in [0, 0.05) is 0 Å². The first-order valence-corrected chi connectivity index (χ1v) is 4.86. The van der Waals surface area contributed by atoms with Crippen LogP contribution in [0.3, 0.4) is 0 Å². The van der Waals surface area contributed by atoms with Gasteiger partial charge in [0.15, 0.2) is 17.5 Å². The van der Waals surface area contributed by atoms with E-state index < -0.39 is 23.6 Å². The molecule has 1 unspecified atom stereocenters. The highest BCUT2D eigenvalue weighted by molar-refractivity contribution is 5.21. The zero-order valence-electron chi connectivity index (χ0n) is 9.01. The maximum Gasteiger partial charge on any atom is 0.194 e. The Bertz CT molecular complexity index is 343. The molecule has 0 aliphatic rings. The highest BCUT2D eigenvalue weighted by atomic mass is 19.2. The summed E-state index contributed by atoms with van der Waals surface area (Å²) in [6.45, 7) is 3.43. The van der Waals surface area contributed by atoms with Gasteiger partial charge >= 0.3 is 0 Å². The number of aliphatic hydroxyl groups is 1. The fourth-order valence-corrected chi connectivity index (χ4v) is 1.15. The summed E-state index contributed by atoms with van der Waals surface area (Å²) in [6.07, 6.45) is -1.28. The van der Waals surface area contributed by atoms with Gasteiger partial charge in [0.2, 0.25) is 0 Å². The molecule has 1 aromatic rings. The van der Waals surface area contributed by atoms with Crippen molar-refractivity contribution in [1.29, 1.82) is 0 Å². The highest BCUT2D eigenvalue weighted by Gasteiger charge is 2.16. The van der Waals surface area contributed by atoms with Crippen molar-refractivity contribution < 1.29 is 23.0 Å². The van der Waals surface area contributed by atoms with Crippen LogP contribution in [0.1, 0.15) is 25.5 Å². The molecule has 16 heavy (non-hydrogen) atoms. The van der Waals surface area contributed by atoms with Gasteiger partial charge in [-0.05, 0) is 31.5 Å². The second kappa shape index (κ2) is 5.32. The third-order valence-electron chi connectivity index (χ3n) is 1.98. The van der Waals surface area contributed by atoms with Gasteiger partial charge in [0.05, 0.1) is 12.7 Å². The minimum atomic E-state index is -1.54. The van der Waals surface area contributed by atoms with Crippen molar-refractivity contribution in [1.82, 2.24) is 0 Å². The number of rotatable bonds is 4. The van der Waals surface area contributed by atoms with Crippen molar-refractivity contribution in [3.63, 3.8) is 0 Å². The molecule has 1 atom stereocenters. The van der Waals surface area contributed by atoms with Crippen molar-refractivity contribution in [2.24, 2.45) is 0 Å². The lowest BCUT2D eigenvalue weighted by molar-refractivity contribution is 0.00466. The van der Waals surface area contributed by atoms with Crippen LogP contribution in [-0.2, 0) is 4.74 Å². The van der Waals surface area contributed by atoms with Crippen molar-refractivity contribution >= 4 is 0 Å². The Morgan fingerprint density at radius 3 is 2.12 bits per heavy atom. The summed E-state index contributed by atoms with van der Waals surface area (Å²) in [5.74, 6) is -4.18. The molecule has 0 saturated heterocycles. The van der Waals surface area contributed by atoms with Gasteiger partial charge in [-0.1, -0.05) is 0 Å². The SMILES string of the molecule is CC(C)OCC(O)c1cc(F)c(F)c(F)c1. The second-order valence-corrected chi connectivity index (χ2v) is 3.70. The molecule has 0 heterocycles. The van der Waals surface area contributed by atoms with Gasteiger partial charge in [0.1, 0.15) is 6.10 Å². The molecule has 1 N–H and O–H groups in total. The molecule has 0 amide bonds. The molecule has 90 valence electrons. The molecule has 0 spiro atoms. The van der Waals surface area contributed by atoms with E-state index in [-0.39, 0.29) is 18.3 Å². The Hall–Kier alpha value is -1.07. The maximum atomic E-state index is 12.8. The molecule has 0 aliphatic heterocycles. The van der Waals surface area contributed by atoms with Crippen LogP contribution in [0.25, 0.3) is 0 Å². The predicted octanol–water partition coefficient (Wildman–Crippen LogP) is 2.56. The average Bonchev–Trinajstić information content (AvgIpc) is 2.21. The van der Waals surface area contributed by atoms with Crippen molar-refractivity contribution in [2.45, 2.75) is 26.1 Å². The van der Waals surface area contributed by atoms with Crippen LogP contribution in [0.15, 0.2) is 12.1 Å². The summed E-state index contributed by atoms with van der Waals surface area (Å²) in [4.78, 5) is 0. The van der Waals surface area contributed by atoms with Gasteiger partial charge in [-0.15, -0.1) is 0 Å². The first kappa shape index (κ1) is 13.0. The zero-order chi connectivity index (χ0) is 12.3. The van der Waals surface area contributed by atoms with Crippen LogP contribution in [0, 0.1) is 17.5 Å². The summed E-state index contributed by atoms with van der Waals surface area (Å²) in [5, 5.41) is 9.53. The lowest BCUT2D eigenvalue weighted by Crippen LogP contribution is -2.12. The molecule has 0 aliphatic carbocycles. The molecule has 0 bridgehead atoms. The molecular formula is C11H13F3O2. The molecule has 2 nitrogen and oxygen atoms in total.